The summed E-state index contributed by atoms with van der Waals surface area (Å²) in [5.74, 6) is 0.985. The van der Waals surface area contributed by atoms with Crippen LogP contribution in [-0.2, 0) is 13.0 Å². The van der Waals surface area contributed by atoms with Gasteiger partial charge < -0.3 is 10.3 Å². The van der Waals surface area contributed by atoms with Gasteiger partial charge in [-0.2, -0.15) is 0 Å². The number of aryl methyl sites for hydroxylation is 1. The average molecular weight is 300 g/mol. The molecule has 3 aromatic rings. The van der Waals surface area contributed by atoms with Crippen molar-refractivity contribution in [3.63, 3.8) is 0 Å². The molecule has 1 aromatic heterocycles. The van der Waals surface area contributed by atoms with Crippen molar-refractivity contribution in [1.82, 2.24) is 9.55 Å². The second-order valence-electron chi connectivity index (χ2n) is 5.01. The molecule has 0 amide bonds. The third-order valence-corrected chi connectivity index (χ3v) is 3.93. The van der Waals surface area contributed by atoms with Gasteiger partial charge in [0.2, 0.25) is 0 Å². The fraction of sp³-hybridized carbons (Fsp3) is 0.235. The second kappa shape index (κ2) is 5.88. The predicted octanol–water partition coefficient (Wildman–Crippen LogP) is 3.88. The molecule has 0 aliphatic rings. The molecule has 0 aliphatic heterocycles. The quantitative estimate of drug-likeness (QED) is 0.794. The summed E-state index contributed by atoms with van der Waals surface area (Å²) >= 11 is 6.13. The lowest BCUT2D eigenvalue weighted by Crippen LogP contribution is -2.05. The Hall–Kier alpha value is -1.84. The van der Waals surface area contributed by atoms with Crippen LogP contribution in [0.3, 0.4) is 0 Å². The molecule has 2 aromatic carbocycles. The van der Waals surface area contributed by atoms with Gasteiger partial charge in [-0.05, 0) is 43.7 Å². The number of imidazole rings is 1. The second-order valence-corrected chi connectivity index (χ2v) is 5.44. The Morgan fingerprint density at radius 3 is 2.76 bits per heavy atom. The van der Waals surface area contributed by atoms with Gasteiger partial charge in [0.05, 0.1) is 11.0 Å². The molecule has 0 saturated heterocycles. The number of fused-ring (bicyclic) bond motifs is 1. The number of rotatable bonds is 4. The Morgan fingerprint density at radius 2 is 2.00 bits per heavy atom. The highest BCUT2D eigenvalue weighted by Gasteiger charge is 2.14. The van der Waals surface area contributed by atoms with Crippen LogP contribution in [0.2, 0.25) is 5.02 Å². The SMILES string of the molecule is CCn1c(-c2ccccc2CCN)nc2ccc(Cl)cc21. The number of nitrogens with two attached hydrogens (primary N) is 1. The van der Waals surface area contributed by atoms with Gasteiger partial charge in [-0.25, -0.2) is 4.98 Å². The first-order valence-electron chi connectivity index (χ1n) is 7.18. The first-order valence-corrected chi connectivity index (χ1v) is 7.56. The van der Waals surface area contributed by atoms with Crippen molar-refractivity contribution in [2.75, 3.05) is 6.54 Å². The molecule has 3 nitrogen and oxygen atoms in total. The molecule has 21 heavy (non-hydrogen) atoms. The van der Waals surface area contributed by atoms with Crippen LogP contribution >= 0.6 is 11.6 Å². The van der Waals surface area contributed by atoms with Gasteiger partial charge in [0.1, 0.15) is 5.82 Å². The van der Waals surface area contributed by atoms with E-state index in [4.69, 9.17) is 22.3 Å². The molecule has 4 heteroatoms. The van der Waals surface area contributed by atoms with Crippen LogP contribution in [0.5, 0.6) is 0 Å². The van der Waals surface area contributed by atoms with Crippen molar-refractivity contribution >= 4 is 22.6 Å². The summed E-state index contributed by atoms with van der Waals surface area (Å²) in [6.45, 7) is 3.61. The Labute approximate surface area is 129 Å². The van der Waals surface area contributed by atoms with E-state index in [1.165, 1.54) is 5.56 Å². The molecule has 0 bridgehead atoms. The van der Waals surface area contributed by atoms with E-state index in [0.717, 1.165) is 40.4 Å². The lowest BCUT2D eigenvalue weighted by molar-refractivity contribution is 0.794. The van der Waals surface area contributed by atoms with E-state index in [0.29, 0.717) is 6.54 Å². The van der Waals surface area contributed by atoms with Gasteiger partial charge in [-0.15, -0.1) is 0 Å². The lowest BCUT2D eigenvalue weighted by atomic mass is 10.0. The van der Waals surface area contributed by atoms with Crippen LogP contribution in [0, 0.1) is 0 Å². The Kier molecular flexibility index (Phi) is 3.95. The van der Waals surface area contributed by atoms with E-state index in [1.807, 2.05) is 30.3 Å². The van der Waals surface area contributed by atoms with Gasteiger partial charge in [-0.3, -0.25) is 0 Å². The van der Waals surface area contributed by atoms with Crippen molar-refractivity contribution in [2.24, 2.45) is 5.73 Å². The van der Waals surface area contributed by atoms with Crippen LogP contribution in [0.4, 0.5) is 0 Å². The predicted molar refractivity (Wildman–Crippen MR) is 88.6 cm³/mol. The van der Waals surface area contributed by atoms with Gasteiger partial charge >= 0.3 is 0 Å². The summed E-state index contributed by atoms with van der Waals surface area (Å²) in [6, 6.07) is 14.1. The maximum Gasteiger partial charge on any atom is 0.141 e. The Morgan fingerprint density at radius 1 is 1.19 bits per heavy atom. The van der Waals surface area contributed by atoms with E-state index in [1.54, 1.807) is 0 Å². The van der Waals surface area contributed by atoms with E-state index in [9.17, 15) is 0 Å². The normalized spacial score (nSPS) is 11.2. The highest BCUT2D eigenvalue weighted by molar-refractivity contribution is 6.31. The topological polar surface area (TPSA) is 43.8 Å². The molecule has 3 rings (SSSR count). The van der Waals surface area contributed by atoms with Crippen LogP contribution in [0.1, 0.15) is 12.5 Å². The van der Waals surface area contributed by atoms with Crippen molar-refractivity contribution in [1.29, 1.82) is 0 Å². The average Bonchev–Trinajstić information content (AvgIpc) is 2.85. The van der Waals surface area contributed by atoms with Crippen molar-refractivity contribution in [3.8, 4) is 11.4 Å². The van der Waals surface area contributed by atoms with Crippen LogP contribution in [0.15, 0.2) is 42.5 Å². The van der Waals surface area contributed by atoms with E-state index < -0.39 is 0 Å². The molecular weight excluding hydrogens is 282 g/mol. The molecule has 0 saturated carbocycles. The van der Waals surface area contributed by atoms with Crippen molar-refractivity contribution < 1.29 is 0 Å². The number of hydrogen-bond donors (Lipinski definition) is 1. The van der Waals surface area contributed by atoms with Gasteiger partial charge in [-0.1, -0.05) is 35.9 Å². The number of hydrogen-bond acceptors (Lipinski definition) is 2. The van der Waals surface area contributed by atoms with Gasteiger partial charge in [0.15, 0.2) is 0 Å². The maximum atomic E-state index is 6.13. The highest BCUT2D eigenvalue weighted by atomic mass is 35.5. The van der Waals surface area contributed by atoms with Crippen LogP contribution in [0.25, 0.3) is 22.4 Å². The van der Waals surface area contributed by atoms with Gasteiger partial charge in [0, 0.05) is 17.1 Å². The van der Waals surface area contributed by atoms with Crippen molar-refractivity contribution in [3.05, 3.63) is 53.1 Å². The van der Waals surface area contributed by atoms with Crippen molar-refractivity contribution in [2.45, 2.75) is 19.9 Å². The lowest BCUT2D eigenvalue weighted by Gasteiger charge is -2.10. The summed E-state index contributed by atoms with van der Waals surface area (Å²) in [7, 11) is 0. The molecular formula is C17H18ClN3. The summed E-state index contributed by atoms with van der Waals surface area (Å²) in [6.07, 6.45) is 0.851. The van der Waals surface area contributed by atoms with Crippen LogP contribution < -0.4 is 5.73 Å². The van der Waals surface area contributed by atoms with E-state index >= 15 is 0 Å². The smallest absolute Gasteiger partial charge is 0.141 e. The number of benzene rings is 2. The molecule has 0 radical (unpaired) electrons. The fourth-order valence-corrected chi connectivity index (χ4v) is 2.90. The van der Waals surface area contributed by atoms with Gasteiger partial charge in [0.25, 0.3) is 0 Å². The molecule has 108 valence electrons. The Balaban J connectivity index is 2.25. The standard InChI is InChI=1S/C17H18ClN3/c1-2-21-16-11-13(18)7-8-15(16)20-17(21)14-6-4-3-5-12(14)9-10-19/h3-8,11H,2,9-10,19H2,1H3. The molecule has 2 N–H and O–H groups in total. The number of halogens is 1. The number of aromatic nitrogens is 2. The molecule has 0 aliphatic carbocycles. The minimum atomic E-state index is 0.634. The zero-order valence-electron chi connectivity index (χ0n) is 12.0. The Bertz CT molecular complexity index is 777. The molecule has 0 atom stereocenters. The molecule has 0 spiro atoms. The van der Waals surface area contributed by atoms with Crippen LogP contribution in [-0.4, -0.2) is 16.1 Å². The largest absolute Gasteiger partial charge is 0.330 e. The third-order valence-electron chi connectivity index (χ3n) is 3.70. The zero-order valence-corrected chi connectivity index (χ0v) is 12.8. The summed E-state index contributed by atoms with van der Waals surface area (Å²) in [5.41, 5.74) is 10.2. The molecule has 0 unspecified atom stereocenters. The van der Waals surface area contributed by atoms with E-state index in [-0.39, 0.29) is 0 Å². The summed E-state index contributed by atoms with van der Waals surface area (Å²) in [5, 5.41) is 0.735. The number of nitrogens with zero attached hydrogens (tertiary/aromatic N) is 2. The van der Waals surface area contributed by atoms with E-state index in [2.05, 4.69) is 23.6 Å². The molecule has 0 fully saturated rings. The zero-order chi connectivity index (χ0) is 14.8. The summed E-state index contributed by atoms with van der Waals surface area (Å²) in [4.78, 5) is 4.80. The monoisotopic (exact) mass is 299 g/mol. The third kappa shape index (κ3) is 2.55. The first-order chi connectivity index (χ1) is 10.2. The minimum absolute atomic E-state index is 0.634. The first kappa shape index (κ1) is 14.1. The maximum absolute atomic E-state index is 6.13. The molecule has 1 heterocycles. The fourth-order valence-electron chi connectivity index (χ4n) is 2.73. The summed E-state index contributed by atoms with van der Waals surface area (Å²) < 4.78 is 2.20. The minimum Gasteiger partial charge on any atom is -0.330 e. The highest BCUT2D eigenvalue weighted by Crippen LogP contribution is 2.29.